The first-order valence-corrected chi connectivity index (χ1v) is 9.22. The second-order valence-corrected chi connectivity index (χ2v) is 6.65. The van der Waals surface area contributed by atoms with Gasteiger partial charge >= 0.3 is 0 Å². The van der Waals surface area contributed by atoms with Gasteiger partial charge in [0, 0.05) is 0 Å². The summed E-state index contributed by atoms with van der Waals surface area (Å²) in [5, 5.41) is -0.107. The van der Waals surface area contributed by atoms with Gasteiger partial charge in [0.25, 0.3) is 11.8 Å². The number of benzene rings is 3. The van der Waals surface area contributed by atoms with Gasteiger partial charge < -0.3 is 9.47 Å². The first-order valence-electron chi connectivity index (χ1n) is 8.84. The molecule has 0 aliphatic carbocycles. The van der Waals surface area contributed by atoms with Crippen molar-refractivity contribution in [1.82, 2.24) is 0 Å². The lowest BCUT2D eigenvalue weighted by molar-refractivity contribution is -0.119. The van der Waals surface area contributed by atoms with Crippen molar-refractivity contribution in [2.24, 2.45) is 0 Å². The normalized spacial score (nSPS) is 13.8. The van der Waals surface area contributed by atoms with E-state index in [9.17, 15) is 9.59 Å². The van der Waals surface area contributed by atoms with Crippen molar-refractivity contribution in [2.45, 2.75) is 0 Å². The van der Waals surface area contributed by atoms with Crippen molar-refractivity contribution in [2.75, 3.05) is 12.0 Å². The van der Waals surface area contributed by atoms with Crippen LogP contribution in [0.4, 0.5) is 5.69 Å². The van der Waals surface area contributed by atoms with Crippen molar-refractivity contribution in [1.29, 1.82) is 0 Å². The van der Waals surface area contributed by atoms with Gasteiger partial charge in [0.1, 0.15) is 22.3 Å². The van der Waals surface area contributed by atoms with Crippen molar-refractivity contribution in [3.05, 3.63) is 89.5 Å². The second-order valence-electron chi connectivity index (χ2n) is 6.27. The van der Waals surface area contributed by atoms with E-state index in [1.165, 1.54) is 0 Å². The van der Waals surface area contributed by atoms with Gasteiger partial charge in [0.05, 0.1) is 18.4 Å². The quantitative estimate of drug-likeness (QED) is 0.560. The number of para-hydroxylation sites is 1. The minimum Gasteiger partial charge on any atom is -0.497 e. The highest BCUT2D eigenvalue weighted by atomic mass is 35.5. The number of methoxy groups -OCH3 is 1. The Morgan fingerprint density at radius 3 is 1.93 bits per heavy atom. The third-order valence-electron chi connectivity index (χ3n) is 4.48. The maximum absolute atomic E-state index is 13.0. The fraction of sp³-hybridized carbons (Fsp3) is 0.0435. The van der Waals surface area contributed by atoms with E-state index in [2.05, 4.69) is 0 Å². The molecule has 0 aromatic heterocycles. The zero-order valence-electron chi connectivity index (χ0n) is 15.5. The predicted molar refractivity (Wildman–Crippen MR) is 111 cm³/mol. The Labute approximate surface area is 172 Å². The topological polar surface area (TPSA) is 55.8 Å². The lowest BCUT2D eigenvalue weighted by Crippen LogP contribution is -2.31. The fourth-order valence-electron chi connectivity index (χ4n) is 3.03. The van der Waals surface area contributed by atoms with Crippen LogP contribution in [-0.4, -0.2) is 18.9 Å². The van der Waals surface area contributed by atoms with Crippen LogP contribution in [0.2, 0.25) is 0 Å². The third kappa shape index (κ3) is 3.60. The smallest absolute Gasteiger partial charge is 0.277 e. The summed E-state index contributed by atoms with van der Waals surface area (Å²) >= 11 is 6.23. The number of hydrogen-bond acceptors (Lipinski definition) is 4. The van der Waals surface area contributed by atoms with Gasteiger partial charge in [0.2, 0.25) is 0 Å². The van der Waals surface area contributed by atoms with Crippen LogP contribution in [0.15, 0.2) is 83.9 Å². The van der Waals surface area contributed by atoms with Crippen LogP contribution in [0.3, 0.4) is 0 Å². The summed E-state index contributed by atoms with van der Waals surface area (Å²) in [5.74, 6) is 0.905. The maximum Gasteiger partial charge on any atom is 0.277 e. The first-order chi connectivity index (χ1) is 14.1. The number of imide groups is 1. The van der Waals surface area contributed by atoms with E-state index in [4.69, 9.17) is 21.1 Å². The van der Waals surface area contributed by atoms with Gasteiger partial charge in [-0.15, -0.1) is 0 Å². The van der Waals surface area contributed by atoms with Crippen LogP contribution in [0.25, 0.3) is 5.57 Å². The van der Waals surface area contributed by atoms with Crippen LogP contribution in [0, 0.1) is 0 Å². The van der Waals surface area contributed by atoms with Crippen molar-refractivity contribution in [3.8, 4) is 17.2 Å². The molecule has 3 aromatic rings. The number of hydrogen-bond donors (Lipinski definition) is 0. The van der Waals surface area contributed by atoms with E-state index < -0.39 is 11.8 Å². The molecular formula is C23H16ClNO4. The molecule has 29 heavy (non-hydrogen) atoms. The van der Waals surface area contributed by atoms with Crippen molar-refractivity contribution < 1.29 is 19.1 Å². The van der Waals surface area contributed by atoms with E-state index in [0.29, 0.717) is 28.5 Å². The monoisotopic (exact) mass is 405 g/mol. The summed E-state index contributed by atoms with van der Waals surface area (Å²) in [6.07, 6.45) is 0. The Kier molecular flexibility index (Phi) is 5.06. The Bertz CT molecular complexity index is 1090. The highest BCUT2D eigenvalue weighted by Crippen LogP contribution is 2.36. The van der Waals surface area contributed by atoms with Crippen LogP contribution < -0.4 is 14.4 Å². The number of carbonyl (C=O) groups is 2. The molecule has 0 N–H and O–H groups in total. The molecule has 6 heteroatoms. The lowest BCUT2D eigenvalue weighted by Gasteiger charge is -2.15. The predicted octanol–water partition coefficient (Wildman–Crippen LogP) is 5.01. The highest BCUT2D eigenvalue weighted by Gasteiger charge is 2.39. The molecule has 144 valence electrons. The van der Waals surface area contributed by atoms with Crippen LogP contribution in [0.1, 0.15) is 5.56 Å². The molecule has 1 heterocycles. The van der Waals surface area contributed by atoms with Crippen LogP contribution in [0.5, 0.6) is 17.2 Å². The SMILES string of the molecule is COc1ccc(C2=C(Cl)C(=O)N(c3ccc(Oc4ccccc4)cc3)C2=O)cc1. The summed E-state index contributed by atoms with van der Waals surface area (Å²) in [4.78, 5) is 26.7. The number of nitrogens with zero attached hydrogens (tertiary/aromatic N) is 1. The summed E-state index contributed by atoms with van der Waals surface area (Å²) in [6.45, 7) is 0. The number of anilines is 1. The Hall–Kier alpha value is -3.57. The highest BCUT2D eigenvalue weighted by molar-refractivity contribution is 6.60. The van der Waals surface area contributed by atoms with E-state index in [1.54, 1.807) is 55.6 Å². The average molecular weight is 406 g/mol. The summed E-state index contributed by atoms with van der Waals surface area (Å²) in [6, 6.07) is 22.8. The van der Waals surface area contributed by atoms with Gasteiger partial charge in [-0.1, -0.05) is 41.9 Å². The average Bonchev–Trinajstić information content (AvgIpc) is 2.98. The van der Waals surface area contributed by atoms with E-state index >= 15 is 0 Å². The molecule has 0 fully saturated rings. The maximum atomic E-state index is 13.0. The Balaban J connectivity index is 1.58. The summed E-state index contributed by atoms with van der Waals surface area (Å²) in [7, 11) is 1.55. The zero-order chi connectivity index (χ0) is 20.4. The number of amides is 2. The Morgan fingerprint density at radius 1 is 0.724 bits per heavy atom. The molecule has 0 saturated heterocycles. The van der Waals surface area contributed by atoms with Gasteiger partial charge in [-0.3, -0.25) is 9.59 Å². The summed E-state index contributed by atoms with van der Waals surface area (Å²) < 4.78 is 10.9. The Morgan fingerprint density at radius 2 is 1.31 bits per heavy atom. The minimum atomic E-state index is -0.556. The molecule has 0 bridgehead atoms. The van der Waals surface area contributed by atoms with Gasteiger partial charge in [-0.2, -0.15) is 0 Å². The first kappa shape index (κ1) is 18.8. The lowest BCUT2D eigenvalue weighted by atomic mass is 10.1. The summed E-state index contributed by atoms with van der Waals surface area (Å²) in [5.41, 5.74) is 1.15. The number of rotatable bonds is 5. The molecule has 0 saturated carbocycles. The standard InChI is InChI=1S/C23H16ClNO4/c1-28-17-11-7-15(8-12-17)20-21(24)23(27)25(22(20)26)16-9-13-19(14-10-16)29-18-5-3-2-4-6-18/h2-14H,1H3. The zero-order valence-corrected chi connectivity index (χ0v) is 16.2. The third-order valence-corrected chi connectivity index (χ3v) is 4.83. The molecule has 4 rings (SSSR count). The van der Waals surface area contributed by atoms with E-state index in [0.717, 1.165) is 4.90 Å². The van der Waals surface area contributed by atoms with Crippen LogP contribution >= 0.6 is 11.6 Å². The number of ether oxygens (including phenoxy) is 2. The largest absolute Gasteiger partial charge is 0.497 e. The van der Waals surface area contributed by atoms with Crippen LogP contribution in [-0.2, 0) is 9.59 Å². The van der Waals surface area contributed by atoms with Gasteiger partial charge in [-0.25, -0.2) is 4.90 Å². The van der Waals surface area contributed by atoms with E-state index in [-0.39, 0.29) is 10.6 Å². The van der Waals surface area contributed by atoms with Crippen molar-refractivity contribution in [3.63, 3.8) is 0 Å². The number of halogens is 1. The molecule has 0 spiro atoms. The molecule has 0 unspecified atom stereocenters. The molecule has 3 aromatic carbocycles. The van der Waals surface area contributed by atoms with Gasteiger partial charge in [-0.05, 0) is 54.1 Å². The minimum absolute atomic E-state index is 0.107. The molecule has 2 amide bonds. The second kappa shape index (κ2) is 7.81. The van der Waals surface area contributed by atoms with Gasteiger partial charge in [0.15, 0.2) is 0 Å². The fourth-order valence-corrected chi connectivity index (χ4v) is 3.31. The number of carbonyl (C=O) groups excluding carboxylic acids is 2. The molecular weight excluding hydrogens is 390 g/mol. The molecule has 1 aliphatic heterocycles. The molecule has 0 atom stereocenters. The molecule has 0 radical (unpaired) electrons. The molecule has 1 aliphatic rings. The van der Waals surface area contributed by atoms with E-state index in [1.807, 2.05) is 30.3 Å². The molecule has 5 nitrogen and oxygen atoms in total. The van der Waals surface area contributed by atoms with Crippen molar-refractivity contribution >= 4 is 34.7 Å².